The minimum Gasteiger partial charge on any atom is -0.493 e. The number of nitrogens with one attached hydrogen (secondary N) is 2. The molecule has 0 spiro atoms. The highest BCUT2D eigenvalue weighted by Crippen LogP contribution is 2.34. The van der Waals surface area contributed by atoms with E-state index in [-0.39, 0.29) is 9.34 Å². The molecule has 2 N–H and O–H groups in total. The number of urea groups is 1. The summed E-state index contributed by atoms with van der Waals surface area (Å²) >= 11 is 20.5. The Morgan fingerprint density at radius 3 is 2.54 bits per heavy atom. The van der Waals surface area contributed by atoms with Crippen molar-refractivity contribution in [2.45, 2.75) is 6.61 Å². The van der Waals surface area contributed by atoms with E-state index in [1.165, 1.54) is 6.07 Å². The van der Waals surface area contributed by atoms with Gasteiger partial charge in [-0.05, 0) is 94.5 Å². The van der Waals surface area contributed by atoms with Crippen molar-refractivity contribution in [3.05, 3.63) is 90.3 Å². The number of thioether (sulfide) groups is 1. The van der Waals surface area contributed by atoms with Gasteiger partial charge in [-0.3, -0.25) is 4.79 Å². The van der Waals surface area contributed by atoms with E-state index in [4.69, 9.17) is 44.9 Å². The summed E-state index contributed by atoms with van der Waals surface area (Å²) in [5.41, 5.74) is 4.60. The summed E-state index contributed by atoms with van der Waals surface area (Å²) in [4.78, 5) is 25.7. The summed E-state index contributed by atoms with van der Waals surface area (Å²) in [6, 6.07) is 17.4. The number of nitrogens with zero attached hydrogens (tertiary/aromatic N) is 1. The third-order valence-corrected chi connectivity index (χ3v) is 7.74. The van der Waals surface area contributed by atoms with Crippen molar-refractivity contribution >= 4 is 97.8 Å². The summed E-state index contributed by atoms with van der Waals surface area (Å²) in [5, 5.41) is 4.24. The smallest absolute Gasteiger partial charge is 0.338 e. The minimum atomic E-state index is -0.660. The number of hydrogen-bond acceptors (Lipinski definition) is 6. The van der Waals surface area contributed by atoms with E-state index in [1.54, 1.807) is 37.5 Å². The van der Waals surface area contributed by atoms with Gasteiger partial charge in [0.25, 0.3) is 5.91 Å². The first-order valence-electron chi connectivity index (χ1n) is 10.6. The van der Waals surface area contributed by atoms with Gasteiger partial charge in [0, 0.05) is 9.26 Å². The normalized spacial score (nSPS) is 14.2. The van der Waals surface area contributed by atoms with Crippen molar-refractivity contribution in [2.75, 3.05) is 12.4 Å². The van der Waals surface area contributed by atoms with E-state index >= 15 is 0 Å². The van der Waals surface area contributed by atoms with Crippen LogP contribution in [0.25, 0.3) is 6.08 Å². The molecule has 0 saturated carbocycles. The van der Waals surface area contributed by atoms with Crippen LogP contribution in [-0.4, -0.2) is 28.4 Å². The monoisotopic (exact) mass is 685 g/mol. The number of amides is 3. The molecule has 3 aromatic rings. The molecule has 0 aromatic heterocycles. The second-order valence-electron chi connectivity index (χ2n) is 7.54. The largest absolute Gasteiger partial charge is 0.493 e. The van der Waals surface area contributed by atoms with Crippen LogP contribution in [0.5, 0.6) is 11.5 Å². The van der Waals surface area contributed by atoms with Gasteiger partial charge in [-0.1, -0.05) is 53.2 Å². The highest BCUT2D eigenvalue weighted by Gasteiger charge is 2.33. The molecule has 7 nitrogen and oxygen atoms in total. The van der Waals surface area contributed by atoms with E-state index in [0.29, 0.717) is 39.3 Å². The van der Waals surface area contributed by atoms with Gasteiger partial charge in [0.15, 0.2) is 15.8 Å². The lowest BCUT2D eigenvalue weighted by Crippen LogP contribution is -2.46. The fourth-order valence-electron chi connectivity index (χ4n) is 3.18. The summed E-state index contributed by atoms with van der Waals surface area (Å²) in [7, 11) is 1.55. The van der Waals surface area contributed by atoms with Gasteiger partial charge in [-0.15, -0.1) is 0 Å². The Morgan fingerprint density at radius 2 is 1.84 bits per heavy atom. The topological polar surface area (TPSA) is 79.9 Å². The summed E-state index contributed by atoms with van der Waals surface area (Å²) in [6.45, 7) is 0.390. The lowest BCUT2D eigenvalue weighted by atomic mass is 10.2. The average molecular weight is 686 g/mol. The molecule has 0 radical (unpaired) electrons. The van der Waals surface area contributed by atoms with Crippen LogP contribution < -0.4 is 20.2 Å². The van der Waals surface area contributed by atoms with Gasteiger partial charge in [0.05, 0.1) is 22.1 Å². The average Bonchev–Trinajstić information content (AvgIpc) is 3.13. The van der Waals surface area contributed by atoms with Gasteiger partial charge in [-0.25, -0.2) is 10.2 Å². The Hall–Kier alpha value is -2.51. The van der Waals surface area contributed by atoms with Crippen LogP contribution in [0.2, 0.25) is 10.0 Å². The molecule has 1 heterocycles. The van der Waals surface area contributed by atoms with E-state index < -0.39 is 11.9 Å². The Labute approximate surface area is 246 Å². The van der Waals surface area contributed by atoms with Crippen molar-refractivity contribution in [1.29, 1.82) is 0 Å². The Bertz CT molecular complexity index is 1400. The van der Waals surface area contributed by atoms with Crippen LogP contribution in [0, 0.1) is 3.57 Å². The summed E-state index contributed by atoms with van der Waals surface area (Å²) < 4.78 is 12.7. The highest BCUT2D eigenvalue weighted by molar-refractivity contribution is 14.1. The molecule has 1 fully saturated rings. The lowest BCUT2D eigenvalue weighted by Gasteiger charge is -2.16. The van der Waals surface area contributed by atoms with E-state index in [1.807, 2.05) is 30.3 Å². The predicted octanol–water partition coefficient (Wildman–Crippen LogP) is 7.12. The van der Waals surface area contributed by atoms with Gasteiger partial charge in [0.2, 0.25) is 0 Å². The number of ether oxygens (including phenoxy) is 2. The molecule has 1 aliphatic rings. The quantitative estimate of drug-likeness (QED) is 0.157. The lowest BCUT2D eigenvalue weighted by molar-refractivity contribution is -0.123. The maximum Gasteiger partial charge on any atom is 0.338 e. The molecule has 1 aliphatic heterocycles. The first-order valence-corrected chi connectivity index (χ1v) is 13.7. The molecular weight excluding hydrogens is 668 g/mol. The van der Waals surface area contributed by atoms with Crippen molar-refractivity contribution in [3.63, 3.8) is 0 Å². The number of carbonyl (C=O) groups excluding carboxylic acids is 2. The van der Waals surface area contributed by atoms with Gasteiger partial charge < -0.3 is 14.8 Å². The molecule has 4 rings (SSSR count). The first-order chi connectivity index (χ1) is 17.7. The fraction of sp³-hybridized carbons (Fsp3) is 0.0800. The number of benzene rings is 3. The van der Waals surface area contributed by atoms with Crippen LogP contribution in [0.4, 0.5) is 10.5 Å². The predicted molar refractivity (Wildman–Crippen MR) is 160 cm³/mol. The first kappa shape index (κ1) is 27.5. The van der Waals surface area contributed by atoms with Crippen LogP contribution in [0.1, 0.15) is 11.1 Å². The third kappa shape index (κ3) is 7.08. The van der Waals surface area contributed by atoms with Crippen molar-refractivity contribution in [3.8, 4) is 11.5 Å². The van der Waals surface area contributed by atoms with Crippen LogP contribution in [0.3, 0.4) is 0 Å². The van der Waals surface area contributed by atoms with Crippen LogP contribution >= 0.6 is 69.8 Å². The fourth-order valence-corrected chi connectivity index (χ4v) is 5.02. The second kappa shape index (κ2) is 12.4. The molecule has 190 valence electrons. The SMILES string of the molecule is COc1cc(/C=C2\SC(=S)N(NC(=O)Nc3ccc(Cl)c(Cl)c3)C2=O)ccc1OCc1ccc(I)cc1. The van der Waals surface area contributed by atoms with Crippen LogP contribution in [0.15, 0.2) is 65.6 Å². The van der Waals surface area contributed by atoms with Crippen molar-refractivity contribution in [1.82, 2.24) is 10.4 Å². The molecule has 3 amide bonds. The van der Waals surface area contributed by atoms with E-state index in [2.05, 4.69) is 33.3 Å². The van der Waals surface area contributed by atoms with Gasteiger partial charge in [0.1, 0.15) is 6.61 Å². The Morgan fingerprint density at radius 1 is 1.08 bits per heavy atom. The van der Waals surface area contributed by atoms with Crippen molar-refractivity contribution in [2.24, 2.45) is 0 Å². The zero-order valence-electron chi connectivity index (χ0n) is 19.1. The Balaban J connectivity index is 1.42. The maximum absolute atomic E-state index is 12.9. The zero-order valence-corrected chi connectivity index (χ0v) is 24.4. The highest BCUT2D eigenvalue weighted by atomic mass is 127. The van der Waals surface area contributed by atoms with E-state index in [0.717, 1.165) is 25.9 Å². The van der Waals surface area contributed by atoms with Gasteiger partial charge >= 0.3 is 6.03 Å². The number of hydrazine groups is 1. The number of methoxy groups -OCH3 is 1. The number of carbonyl (C=O) groups is 2. The molecule has 12 heteroatoms. The minimum absolute atomic E-state index is 0.185. The van der Waals surface area contributed by atoms with Gasteiger partial charge in [-0.2, -0.15) is 5.01 Å². The maximum atomic E-state index is 12.9. The number of hydrogen-bond donors (Lipinski definition) is 2. The second-order valence-corrected chi connectivity index (χ2v) is 11.3. The molecule has 0 unspecified atom stereocenters. The number of thiocarbonyl (C=S) groups is 1. The molecule has 0 bridgehead atoms. The zero-order chi connectivity index (χ0) is 26.5. The third-order valence-electron chi connectivity index (χ3n) is 4.98. The molecule has 37 heavy (non-hydrogen) atoms. The molecule has 1 saturated heterocycles. The number of rotatable bonds is 7. The van der Waals surface area contributed by atoms with E-state index in [9.17, 15) is 9.59 Å². The van der Waals surface area contributed by atoms with Crippen molar-refractivity contribution < 1.29 is 19.1 Å². The summed E-state index contributed by atoms with van der Waals surface area (Å²) in [5.74, 6) is 0.637. The summed E-state index contributed by atoms with van der Waals surface area (Å²) in [6.07, 6.45) is 1.67. The molecule has 0 atom stereocenters. The standard InChI is InChI=1S/C25H18Cl2IN3O4S2/c1-34-21-10-15(4-9-20(21)35-13-14-2-5-16(28)6-3-14)11-22-23(32)31(25(36)37-22)30-24(33)29-17-7-8-18(26)19(27)12-17/h2-12H,13H2,1H3,(H2,29,30,33)/b22-11-. The number of anilines is 1. The molecular formula is C25H18Cl2IN3O4S2. The Kier molecular flexibility index (Phi) is 9.19. The number of halogens is 3. The molecule has 0 aliphatic carbocycles. The molecule has 3 aromatic carbocycles. The van der Waals surface area contributed by atoms with Crippen LogP contribution in [-0.2, 0) is 11.4 Å².